The molecule has 1 N–H and O–H groups in total. The highest BCUT2D eigenvalue weighted by Crippen LogP contribution is 2.20. The van der Waals surface area contributed by atoms with Crippen molar-refractivity contribution in [3.63, 3.8) is 0 Å². The third-order valence-electron chi connectivity index (χ3n) is 2.50. The van der Waals surface area contributed by atoms with E-state index in [9.17, 15) is 4.79 Å². The SMILES string of the molecule is O=C(O)c1cccc2c3ncncc3cn12. The van der Waals surface area contributed by atoms with Gasteiger partial charge >= 0.3 is 5.97 Å². The molecule has 3 rings (SSSR count). The maximum absolute atomic E-state index is 11.0. The maximum atomic E-state index is 11.0. The molecule has 16 heavy (non-hydrogen) atoms. The summed E-state index contributed by atoms with van der Waals surface area (Å²) in [6.07, 6.45) is 4.85. The van der Waals surface area contributed by atoms with Gasteiger partial charge in [0, 0.05) is 17.8 Å². The summed E-state index contributed by atoms with van der Waals surface area (Å²) < 4.78 is 1.61. The first kappa shape index (κ1) is 8.84. The van der Waals surface area contributed by atoms with Gasteiger partial charge in [0.05, 0.1) is 11.0 Å². The van der Waals surface area contributed by atoms with E-state index >= 15 is 0 Å². The Morgan fingerprint density at radius 2 is 2.25 bits per heavy atom. The van der Waals surface area contributed by atoms with Crippen LogP contribution in [0.25, 0.3) is 16.4 Å². The zero-order chi connectivity index (χ0) is 11.1. The summed E-state index contributed by atoms with van der Waals surface area (Å²) in [7, 11) is 0. The quantitative estimate of drug-likeness (QED) is 0.666. The molecular weight excluding hydrogens is 206 g/mol. The first-order chi connectivity index (χ1) is 7.77. The average molecular weight is 213 g/mol. The van der Waals surface area contributed by atoms with Crippen molar-refractivity contribution in [1.82, 2.24) is 14.4 Å². The van der Waals surface area contributed by atoms with E-state index in [1.54, 1.807) is 28.9 Å². The maximum Gasteiger partial charge on any atom is 0.352 e. The van der Waals surface area contributed by atoms with Crippen molar-refractivity contribution in [2.24, 2.45) is 0 Å². The van der Waals surface area contributed by atoms with Gasteiger partial charge in [0.2, 0.25) is 0 Å². The second kappa shape index (κ2) is 3.03. The van der Waals surface area contributed by atoms with E-state index in [1.165, 1.54) is 6.33 Å². The summed E-state index contributed by atoms with van der Waals surface area (Å²) in [4.78, 5) is 19.1. The second-order valence-electron chi connectivity index (χ2n) is 3.43. The lowest BCUT2D eigenvalue weighted by atomic mass is 10.3. The fourth-order valence-corrected chi connectivity index (χ4v) is 1.82. The van der Waals surface area contributed by atoms with E-state index in [2.05, 4.69) is 9.97 Å². The van der Waals surface area contributed by atoms with Crippen molar-refractivity contribution >= 4 is 22.4 Å². The molecule has 0 atom stereocenters. The predicted octanol–water partition coefficient (Wildman–Crippen LogP) is 1.58. The molecule has 0 spiro atoms. The Bertz CT molecular complexity index is 703. The Morgan fingerprint density at radius 3 is 3.06 bits per heavy atom. The molecule has 78 valence electrons. The van der Waals surface area contributed by atoms with Crippen LogP contribution in [-0.2, 0) is 0 Å². The van der Waals surface area contributed by atoms with Gasteiger partial charge < -0.3 is 9.51 Å². The number of rotatable bonds is 1. The van der Waals surface area contributed by atoms with Gasteiger partial charge in [-0.25, -0.2) is 14.8 Å². The number of carboxylic acid groups (broad SMARTS) is 1. The molecule has 0 bridgehead atoms. The third-order valence-corrected chi connectivity index (χ3v) is 2.50. The lowest BCUT2D eigenvalue weighted by Gasteiger charge is -1.99. The number of hydrogen-bond donors (Lipinski definition) is 1. The summed E-state index contributed by atoms with van der Waals surface area (Å²) in [5, 5.41) is 9.88. The number of aromatic carboxylic acids is 1. The molecule has 0 fully saturated rings. The summed E-state index contributed by atoms with van der Waals surface area (Å²) in [6, 6.07) is 5.10. The molecule has 0 aliphatic rings. The van der Waals surface area contributed by atoms with Crippen LogP contribution in [0.1, 0.15) is 10.5 Å². The predicted molar refractivity (Wildman–Crippen MR) is 57.5 cm³/mol. The summed E-state index contributed by atoms with van der Waals surface area (Å²) in [6.45, 7) is 0. The minimum Gasteiger partial charge on any atom is -0.477 e. The minimum absolute atomic E-state index is 0.218. The molecule has 0 aromatic carbocycles. The van der Waals surface area contributed by atoms with Gasteiger partial charge in [0.15, 0.2) is 0 Å². The first-order valence-electron chi connectivity index (χ1n) is 4.70. The van der Waals surface area contributed by atoms with E-state index in [0.29, 0.717) is 0 Å². The van der Waals surface area contributed by atoms with Crippen LogP contribution in [0.2, 0.25) is 0 Å². The van der Waals surface area contributed by atoms with Gasteiger partial charge in [-0.1, -0.05) is 6.07 Å². The molecule has 5 heteroatoms. The number of pyridine rings is 1. The highest BCUT2D eigenvalue weighted by atomic mass is 16.4. The first-order valence-corrected chi connectivity index (χ1v) is 4.70. The highest BCUT2D eigenvalue weighted by molar-refractivity contribution is 5.96. The van der Waals surface area contributed by atoms with Crippen LogP contribution in [0.3, 0.4) is 0 Å². The Morgan fingerprint density at radius 1 is 1.38 bits per heavy atom. The number of carboxylic acids is 1. The van der Waals surface area contributed by atoms with E-state index < -0.39 is 5.97 Å². The van der Waals surface area contributed by atoms with E-state index in [4.69, 9.17) is 5.11 Å². The Hall–Kier alpha value is -2.43. The van der Waals surface area contributed by atoms with Gasteiger partial charge in [0.25, 0.3) is 0 Å². The molecule has 5 nitrogen and oxygen atoms in total. The third kappa shape index (κ3) is 1.08. The topological polar surface area (TPSA) is 67.5 Å². The molecule has 0 amide bonds. The standard InChI is InChI=1S/C11H7N3O2/c15-11(16)9-3-1-2-8-10-7(5-14(8)9)4-12-6-13-10/h1-6H,(H,15,16). The number of carbonyl (C=O) groups is 1. The number of hydrogen-bond acceptors (Lipinski definition) is 3. The van der Waals surface area contributed by atoms with E-state index in [0.717, 1.165) is 16.4 Å². The fourth-order valence-electron chi connectivity index (χ4n) is 1.82. The molecule has 3 aromatic rings. The molecule has 0 aliphatic carbocycles. The number of fused-ring (bicyclic) bond motifs is 3. The van der Waals surface area contributed by atoms with Crippen molar-refractivity contribution < 1.29 is 9.90 Å². The van der Waals surface area contributed by atoms with Gasteiger partial charge in [-0.15, -0.1) is 0 Å². The molecular formula is C11H7N3O2. The largest absolute Gasteiger partial charge is 0.477 e. The molecule has 3 aromatic heterocycles. The summed E-state index contributed by atoms with van der Waals surface area (Å²) in [5.41, 5.74) is 1.76. The van der Waals surface area contributed by atoms with E-state index in [1.807, 2.05) is 6.07 Å². The van der Waals surface area contributed by atoms with Gasteiger partial charge in [0.1, 0.15) is 12.0 Å². The lowest BCUT2D eigenvalue weighted by Crippen LogP contribution is -2.03. The highest BCUT2D eigenvalue weighted by Gasteiger charge is 2.11. The van der Waals surface area contributed by atoms with Crippen LogP contribution in [0.15, 0.2) is 36.9 Å². The van der Waals surface area contributed by atoms with E-state index in [-0.39, 0.29) is 5.69 Å². The van der Waals surface area contributed by atoms with Gasteiger partial charge in [-0.3, -0.25) is 0 Å². The van der Waals surface area contributed by atoms with Crippen LogP contribution in [-0.4, -0.2) is 25.4 Å². The smallest absolute Gasteiger partial charge is 0.352 e. The monoisotopic (exact) mass is 213 g/mol. The van der Waals surface area contributed by atoms with Crippen molar-refractivity contribution in [3.8, 4) is 0 Å². The van der Waals surface area contributed by atoms with Crippen LogP contribution in [0.5, 0.6) is 0 Å². The van der Waals surface area contributed by atoms with Crippen molar-refractivity contribution in [2.45, 2.75) is 0 Å². The molecule has 0 aliphatic heterocycles. The van der Waals surface area contributed by atoms with Gasteiger partial charge in [-0.2, -0.15) is 0 Å². The zero-order valence-corrected chi connectivity index (χ0v) is 8.16. The van der Waals surface area contributed by atoms with Crippen LogP contribution < -0.4 is 0 Å². The summed E-state index contributed by atoms with van der Waals surface area (Å²) >= 11 is 0. The zero-order valence-electron chi connectivity index (χ0n) is 8.16. The van der Waals surface area contributed by atoms with Crippen LogP contribution in [0.4, 0.5) is 0 Å². The van der Waals surface area contributed by atoms with Crippen LogP contribution in [0, 0.1) is 0 Å². The Kier molecular flexibility index (Phi) is 1.67. The average Bonchev–Trinajstić information content (AvgIpc) is 2.67. The normalized spacial score (nSPS) is 11.0. The van der Waals surface area contributed by atoms with Crippen molar-refractivity contribution in [2.75, 3.05) is 0 Å². The summed E-state index contributed by atoms with van der Waals surface area (Å²) in [5.74, 6) is -0.959. The van der Waals surface area contributed by atoms with Crippen LogP contribution >= 0.6 is 0 Å². The Balaban J connectivity index is 2.54. The molecule has 0 saturated carbocycles. The van der Waals surface area contributed by atoms with Crippen molar-refractivity contribution in [1.29, 1.82) is 0 Å². The Labute approximate surface area is 90.0 Å². The minimum atomic E-state index is -0.959. The fraction of sp³-hybridized carbons (Fsp3) is 0. The van der Waals surface area contributed by atoms with Gasteiger partial charge in [-0.05, 0) is 12.1 Å². The molecule has 0 radical (unpaired) electrons. The number of nitrogens with zero attached hydrogens (tertiary/aromatic N) is 3. The van der Waals surface area contributed by atoms with Crippen molar-refractivity contribution in [3.05, 3.63) is 42.6 Å². The molecule has 0 saturated heterocycles. The molecule has 0 unspecified atom stereocenters. The second-order valence-corrected chi connectivity index (χ2v) is 3.43. The number of aromatic nitrogens is 3. The molecule has 3 heterocycles. The lowest BCUT2D eigenvalue weighted by molar-refractivity contribution is 0.0689.